The Bertz CT molecular complexity index is 664. The van der Waals surface area contributed by atoms with Gasteiger partial charge in [0.15, 0.2) is 0 Å². The normalized spacial score (nSPS) is 11.6. The van der Waals surface area contributed by atoms with Crippen LogP contribution in [0.2, 0.25) is 0 Å². The summed E-state index contributed by atoms with van der Waals surface area (Å²) in [5.41, 5.74) is 0.870. The molecule has 10 heteroatoms. The van der Waals surface area contributed by atoms with E-state index in [9.17, 15) is 24.3 Å². The van der Waals surface area contributed by atoms with E-state index in [0.29, 0.717) is 25.8 Å². The molecule has 0 aliphatic rings. The summed E-state index contributed by atoms with van der Waals surface area (Å²) in [6.45, 7) is -0.828. The van der Waals surface area contributed by atoms with Crippen molar-refractivity contribution >= 4 is 24.0 Å². The number of amides is 1. The Hall–Kier alpha value is -3.14. The number of ether oxygens (including phenoxy) is 1. The summed E-state index contributed by atoms with van der Waals surface area (Å²) in [5.74, 6) is -3.86. The molecule has 0 fully saturated rings. The van der Waals surface area contributed by atoms with Crippen molar-refractivity contribution in [1.82, 2.24) is 10.2 Å². The van der Waals surface area contributed by atoms with E-state index in [0.717, 1.165) is 10.5 Å². The fourth-order valence-electron chi connectivity index (χ4n) is 2.69. The maximum atomic E-state index is 11.6. The highest BCUT2D eigenvalue weighted by atomic mass is 16.5. The maximum Gasteiger partial charge on any atom is 0.407 e. The Morgan fingerprint density at radius 3 is 2.10 bits per heavy atom. The summed E-state index contributed by atoms with van der Waals surface area (Å²) >= 11 is 0. The van der Waals surface area contributed by atoms with Crippen molar-refractivity contribution in [3.05, 3.63) is 35.9 Å². The summed E-state index contributed by atoms with van der Waals surface area (Å²) in [6, 6.07) is 8.02. The largest absolute Gasteiger partial charge is 0.480 e. The summed E-state index contributed by atoms with van der Waals surface area (Å²) in [5, 5.41) is 29.6. The molecule has 1 aromatic carbocycles. The van der Waals surface area contributed by atoms with Crippen LogP contribution in [0.4, 0.5) is 4.79 Å². The van der Waals surface area contributed by atoms with Crippen molar-refractivity contribution in [3.8, 4) is 0 Å². The third kappa shape index (κ3) is 10.7. The fraction of sp³-hybridized carbons (Fsp3) is 0.474. The van der Waals surface area contributed by atoms with Crippen molar-refractivity contribution in [3.63, 3.8) is 0 Å². The van der Waals surface area contributed by atoms with E-state index in [2.05, 4.69) is 5.32 Å². The Kier molecular flexibility index (Phi) is 10.8. The molecule has 0 unspecified atom stereocenters. The van der Waals surface area contributed by atoms with Gasteiger partial charge < -0.3 is 25.4 Å². The van der Waals surface area contributed by atoms with Crippen LogP contribution in [0, 0.1) is 0 Å². The van der Waals surface area contributed by atoms with Gasteiger partial charge in [-0.15, -0.1) is 0 Å². The SMILES string of the molecule is O=C(O)CN(CC(=O)O)[C@@H](CCCCCNC(=O)OCc1ccccc1)C(=O)O. The zero-order valence-electron chi connectivity index (χ0n) is 16.0. The lowest BCUT2D eigenvalue weighted by Crippen LogP contribution is -2.46. The van der Waals surface area contributed by atoms with E-state index in [1.807, 2.05) is 30.3 Å². The monoisotopic (exact) mass is 410 g/mol. The average molecular weight is 410 g/mol. The number of benzene rings is 1. The molecule has 1 rings (SSSR count). The molecule has 29 heavy (non-hydrogen) atoms. The highest BCUT2D eigenvalue weighted by Crippen LogP contribution is 2.11. The second-order valence-corrected chi connectivity index (χ2v) is 6.38. The number of alkyl carbamates (subject to hydrolysis) is 1. The molecule has 1 aromatic rings. The molecule has 0 aromatic heterocycles. The number of carboxylic acids is 3. The second-order valence-electron chi connectivity index (χ2n) is 6.38. The molecule has 4 N–H and O–H groups in total. The van der Waals surface area contributed by atoms with Crippen LogP contribution in [0.25, 0.3) is 0 Å². The number of unbranched alkanes of at least 4 members (excludes halogenated alkanes) is 2. The smallest absolute Gasteiger partial charge is 0.407 e. The van der Waals surface area contributed by atoms with Crippen LogP contribution in [0.1, 0.15) is 31.2 Å². The van der Waals surface area contributed by atoms with Gasteiger partial charge in [0.25, 0.3) is 0 Å². The number of carbonyl (C=O) groups is 4. The molecule has 0 radical (unpaired) electrons. The lowest BCUT2D eigenvalue weighted by atomic mass is 10.1. The van der Waals surface area contributed by atoms with Crippen molar-refractivity contribution < 1.29 is 39.2 Å². The van der Waals surface area contributed by atoms with Crippen molar-refractivity contribution in [2.45, 2.75) is 38.3 Å². The van der Waals surface area contributed by atoms with Crippen LogP contribution >= 0.6 is 0 Å². The lowest BCUT2D eigenvalue weighted by molar-refractivity contribution is -0.149. The molecular formula is C19H26N2O8. The predicted molar refractivity (Wildman–Crippen MR) is 101 cm³/mol. The van der Waals surface area contributed by atoms with Gasteiger partial charge in [0.1, 0.15) is 12.6 Å². The second kappa shape index (κ2) is 13.1. The van der Waals surface area contributed by atoms with E-state index in [1.165, 1.54) is 0 Å². The molecule has 0 aliphatic heterocycles. The van der Waals surface area contributed by atoms with E-state index in [-0.39, 0.29) is 13.0 Å². The first kappa shape index (κ1) is 23.9. The van der Waals surface area contributed by atoms with Gasteiger partial charge in [-0.2, -0.15) is 0 Å². The maximum absolute atomic E-state index is 11.6. The van der Waals surface area contributed by atoms with Gasteiger partial charge in [0.2, 0.25) is 0 Å². The number of rotatable bonds is 14. The van der Waals surface area contributed by atoms with Gasteiger partial charge in [-0.1, -0.05) is 43.2 Å². The Balaban J connectivity index is 2.29. The molecule has 0 spiro atoms. The number of hydrogen-bond acceptors (Lipinski definition) is 6. The fourth-order valence-corrected chi connectivity index (χ4v) is 2.69. The molecule has 0 saturated carbocycles. The number of aliphatic carboxylic acids is 3. The van der Waals surface area contributed by atoms with Gasteiger partial charge in [0, 0.05) is 6.54 Å². The minimum absolute atomic E-state index is 0.106. The minimum Gasteiger partial charge on any atom is -0.480 e. The number of carboxylic acid groups (broad SMARTS) is 3. The molecule has 160 valence electrons. The first-order chi connectivity index (χ1) is 13.8. The standard InChI is InChI=1S/C19H26N2O8/c22-16(23)11-21(12-17(24)25)15(18(26)27)9-5-2-6-10-20-19(28)29-13-14-7-3-1-4-8-14/h1,3-4,7-8,15H,2,5-6,9-13H2,(H,20,28)(H,22,23)(H,24,25)(H,26,27)/t15-/m0/s1. The topological polar surface area (TPSA) is 153 Å². The van der Waals surface area contributed by atoms with Gasteiger partial charge in [-0.25, -0.2) is 4.79 Å². The molecule has 1 amide bonds. The van der Waals surface area contributed by atoms with Gasteiger partial charge in [-0.3, -0.25) is 19.3 Å². The summed E-state index contributed by atoms with van der Waals surface area (Å²) in [4.78, 5) is 45.6. The summed E-state index contributed by atoms with van der Waals surface area (Å²) in [6.07, 6.45) is 1.15. The van der Waals surface area contributed by atoms with Crippen LogP contribution in [-0.4, -0.2) is 69.9 Å². The first-order valence-corrected chi connectivity index (χ1v) is 9.14. The number of nitrogens with one attached hydrogen (secondary N) is 1. The highest BCUT2D eigenvalue weighted by Gasteiger charge is 2.28. The number of carbonyl (C=O) groups excluding carboxylic acids is 1. The van der Waals surface area contributed by atoms with E-state index < -0.39 is 43.1 Å². The number of hydrogen-bond donors (Lipinski definition) is 4. The van der Waals surface area contributed by atoms with Crippen molar-refractivity contribution in [2.24, 2.45) is 0 Å². The van der Waals surface area contributed by atoms with E-state index in [1.54, 1.807) is 0 Å². The molecule has 0 bridgehead atoms. The molecule has 0 saturated heterocycles. The third-order valence-electron chi connectivity index (χ3n) is 4.04. The van der Waals surface area contributed by atoms with Crippen molar-refractivity contribution in [2.75, 3.05) is 19.6 Å². The van der Waals surface area contributed by atoms with Gasteiger partial charge >= 0.3 is 24.0 Å². The summed E-state index contributed by atoms with van der Waals surface area (Å²) < 4.78 is 5.06. The quantitative estimate of drug-likeness (QED) is 0.333. The predicted octanol–water partition coefficient (Wildman–Crippen LogP) is 1.40. The molecule has 0 heterocycles. The first-order valence-electron chi connectivity index (χ1n) is 9.14. The molecule has 1 atom stereocenters. The lowest BCUT2D eigenvalue weighted by Gasteiger charge is -2.25. The third-order valence-corrected chi connectivity index (χ3v) is 4.04. The van der Waals surface area contributed by atoms with Crippen LogP contribution in [0.15, 0.2) is 30.3 Å². The molecule has 10 nitrogen and oxygen atoms in total. The van der Waals surface area contributed by atoms with E-state index >= 15 is 0 Å². The zero-order chi connectivity index (χ0) is 21.6. The molecule has 0 aliphatic carbocycles. The van der Waals surface area contributed by atoms with E-state index in [4.69, 9.17) is 14.9 Å². The van der Waals surface area contributed by atoms with Crippen LogP contribution < -0.4 is 5.32 Å². The highest BCUT2D eigenvalue weighted by molar-refractivity contribution is 5.78. The van der Waals surface area contributed by atoms with Gasteiger partial charge in [0.05, 0.1) is 13.1 Å². The van der Waals surface area contributed by atoms with Crippen LogP contribution in [-0.2, 0) is 25.7 Å². The zero-order valence-corrected chi connectivity index (χ0v) is 16.0. The average Bonchev–Trinajstić information content (AvgIpc) is 2.65. The minimum atomic E-state index is -1.30. The Morgan fingerprint density at radius 1 is 0.931 bits per heavy atom. The van der Waals surface area contributed by atoms with Crippen LogP contribution in [0.5, 0.6) is 0 Å². The Morgan fingerprint density at radius 2 is 1.55 bits per heavy atom. The number of nitrogens with zero attached hydrogens (tertiary/aromatic N) is 1. The van der Waals surface area contributed by atoms with Gasteiger partial charge in [-0.05, 0) is 18.4 Å². The van der Waals surface area contributed by atoms with Crippen LogP contribution in [0.3, 0.4) is 0 Å². The Labute approximate surface area is 168 Å². The van der Waals surface area contributed by atoms with Crippen molar-refractivity contribution in [1.29, 1.82) is 0 Å². The summed E-state index contributed by atoms with van der Waals surface area (Å²) in [7, 11) is 0. The molecular weight excluding hydrogens is 384 g/mol.